The smallest absolute Gasteiger partial charge is 0.244 e. The molecule has 0 radical (unpaired) electrons. The predicted molar refractivity (Wildman–Crippen MR) is 127 cm³/mol. The molecule has 0 aliphatic heterocycles. The van der Waals surface area contributed by atoms with Crippen molar-refractivity contribution < 1.29 is 14.3 Å². The van der Waals surface area contributed by atoms with E-state index in [1.165, 1.54) is 43.9 Å². The van der Waals surface area contributed by atoms with Crippen molar-refractivity contribution in [3.05, 3.63) is 99.1 Å². The summed E-state index contributed by atoms with van der Waals surface area (Å²) >= 11 is 6.29. The van der Waals surface area contributed by atoms with E-state index >= 15 is 0 Å². The molecule has 4 aromatic rings. The molecule has 4 rings (SSSR count). The molecule has 2 aromatic carbocycles. The van der Waals surface area contributed by atoms with Crippen molar-refractivity contribution in [1.82, 2.24) is 9.55 Å². The van der Waals surface area contributed by atoms with Crippen molar-refractivity contribution in [1.29, 1.82) is 0 Å². The first-order valence-electron chi connectivity index (χ1n) is 10.1. The lowest BCUT2D eigenvalue weighted by atomic mass is 10.0. The molecule has 33 heavy (non-hydrogen) atoms. The van der Waals surface area contributed by atoms with Gasteiger partial charge in [0.1, 0.15) is 12.3 Å². The van der Waals surface area contributed by atoms with Crippen molar-refractivity contribution in [2.75, 3.05) is 12.4 Å². The van der Waals surface area contributed by atoms with Crippen molar-refractivity contribution in [2.24, 2.45) is 0 Å². The van der Waals surface area contributed by atoms with Crippen LogP contribution in [0.25, 0.3) is 10.9 Å². The first-order valence-corrected chi connectivity index (χ1v) is 10.5. The summed E-state index contributed by atoms with van der Waals surface area (Å²) in [6.45, 7) is 1.79. The summed E-state index contributed by atoms with van der Waals surface area (Å²) in [6.07, 6.45) is 4.35. The molecular formula is C25H20ClN3O4. The number of anilines is 1. The predicted octanol–water partition coefficient (Wildman–Crippen LogP) is 4.24. The van der Waals surface area contributed by atoms with Gasteiger partial charge in [0.25, 0.3) is 0 Å². The number of aryl methyl sites for hydroxylation is 1. The summed E-state index contributed by atoms with van der Waals surface area (Å²) in [5.74, 6) is -0.489. The summed E-state index contributed by atoms with van der Waals surface area (Å²) in [7, 11) is 1.44. The molecule has 1 N–H and O–H groups in total. The van der Waals surface area contributed by atoms with E-state index in [4.69, 9.17) is 16.3 Å². The number of benzene rings is 2. The molecule has 2 heterocycles. The summed E-state index contributed by atoms with van der Waals surface area (Å²) in [5.41, 5.74) is 1.84. The van der Waals surface area contributed by atoms with E-state index in [9.17, 15) is 14.4 Å². The third-order valence-corrected chi connectivity index (χ3v) is 5.45. The Hall–Kier alpha value is -3.97. The molecule has 0 saturated heterocycles. The van der Waals surface area contributed by atoms with E-state index in [1.807, 2.05) is 25.1 Å². The summed E-state index contributed by atoms with van der Waals surface area (Å²) in [4.78, 5) is 43.1. The minimum atomic E-state index is -0.475. The van der Waals surface area contributed by atoms with Gasteiger partial charge in [0, 0.05) is 29.8 Å². The number of pyridine rings is 2. The number of carbonyl (C=O) groups excluding carboxylic acids is 2. The highest BCUT2D eigenvalue weighted by molar-refractivity contribution is 6.32. The van der Waals surface area contributed by atoms with E-state index in [0.29, 0.717) is 22.5 Å². The second-order valence-electron chi connectivity index (χ2n) is 7.49. The van der Waals surface area contributed by atoms with Crippen LogP contribution >= 0.6 is 11.6 Å². The highest BCUT2D eigenvalue weighted by Gasteiger charge is 2.20. The summed E-state index contributed by atoms with van der Waals surface area (Å²) < 4.78 is 6.79. The van der Waals surface area contributed by atoms with Gasteiger partial charge in [-0.25, -0.2) is 0 Å². The Morgan fingerprint density at radius 3 is 2.58 bits per heavy atom. The topological polar surface area (TPSA) is 90.3 Å². The van der Waals surface area contributed by atoms with E-state index in [2.05, 4.69) is 10.3 Å². The lowest BCUT2D eigenvalue weighted by Crippen LogP contribution is -2.24. The molecule has 0 aliphatic rings. The summed E-state index contributed by atoms with van der Waals surface area (Å²) in [5, 5.41) is 3.34. The number of carbonyl (C=O) groups is 2. The number of fused-ring (bicyclic) bond motifs is 1. The second-order valence-corrected chi connectivity index (χ2v) is 7.89. The van der Waals surface area contributed by atoms with Crippen LogP contribution in [0.5, 0.6) is 5.75 Å². The number of ether oxygens (including phenoxy) is 1. The Bertz CT molecular complexity index is 1430. The van der Waals surface area contributed by atoms with Crippen LogP contribution in [0.4, 0.5) is 5.69 Å². The van der Waals surface area contributed by atoms with E-state index in [0.717, 1.165) is 5.56 Å². The van der Waals surface area contributed by atoms with Crippen LogP contribution in [0.3, 0.4) is 0 Å². The molecule has 0 atom stereocenters. The Labute approximate surface area is 194 Å². The average Bonchev–Trinajstić information content (AvgIpc) is 2.80. The Kier molecular flexibility index (Phi) is 6.24. The number of rotatable bonds is 6. The van der Waals surface area contributed by atoms with Crippen molar-refractivity contribution in [3.63, 3.8) is 0 Å². The molecule has 0 spiro atoms. The molecule has 7 nitrogen and oxygen atoms in total. The van der Waals surface area contributed by atoms with Gasteiger partial charge in [-0.05, 0) is 48.9 Å². The molecule has 0 aliphatic carbocycles. The number of nitrogens with one attached hydrogen (secondary N) is 1. The fourth-order valence-corrected chi connectivity index (χ4v) is 3.81. The third kappa shape index (κ3) is 4.63. The van der Waals surface area contributed by atoms with Crippen LogP contribution in [0.2, 0.25) is 5.02 Å². The number of halogens is 1. The van der Waals surface area contributed by atoms with Crippen molar-refractivity contribution in [2.45, 2.75) is 13.5 Å². The summed E-state index contributed by atoms with van der Waals surface area (Å²) in [6, 6.07) is 13.5. The fourth-order valence-electron chi connectivity index (χ4n) is 3.58. The zero-order valence-corrected chi connectivity index (χ0v) is 18.7. The first kappa shape index (κ1) is 22.2. The number of hydrogen-bond acceptors (Lipinski definition) is 5. The van der Waals surface area contributed by atoms with Crippen molar-refractivity contribution >= 4 is 39.9 Å². The van der Waals surface area contributed by atoms with Crippen molar-refractivity contribution in [3.8, 4) is 5.75 Å². The lowest BCUT2D eigenvalue weighted by molar-refractivity contribution is -0.116. The minimum Gasteiger partial charge on any atom is -0.495 e. The Morgan fingerprint density at radius 2 is 1.88 bits per heavy atom. The Balaban J connectivity index is 1.82. The van der Waals surface area contributed by atoms with Gasteiger partial charge in [-0.2, -0.15) is 0 Å². The van der Waals surface area contributed by atoms with Gasteiger partial charge in [0.2, 0.25) is 11.3 Å². The zero-order chi connectivity index (χ0) is 23.5. The largest absolute Gasteiger partial charge is 0.495 e. The lowest BCUT2D eigenvalue weighted by Gasteiger charge is -2.15. The average molecular weight is 462 g/mol. The third-order valence-electron chi connectivity index (χ3n) is 5.16. The first-order chi connectivity index (χ1) is 15.9. The second kappa shape index (κ2) is 9.26. The minimum absolute atomic E-state index is 0.0681. The van der Waals surface area contributed by atoms with Crippen LogP contribution in [0.15, 0.2) is 71.9 Å². The van der Waals surface area contributed by atoms with E-state index < -0.39 is 11.2 Å². The highest BCUT2D eigenvalue weighted by Crippen LogP contribution is 2.29. The number of aromatic nitrogens is 2. The van der Waals surface area contributed by atoms with Gasteiger partial charge in [-0.1, -0.05) is 23.7 Å². The van der Waals surface area contributed by atoms with E-state index in [-0.39, 0.29) is 28.4 Å². The molecule has 0 fully saturated rings. The van der Waals surface area contributed by atoms with Gasteiger partial charge >= 0.3 is 0 Å². The fraction of sp³-hybridized carbons (Fsp3) is 0.120. The SMILES string of the molecule is COc1cc2c(=O)c(C(=O)c3ccncc3)cn(CC(=O)Nc3cccc(C)c3)c2cc1Cl. The van der Waals surface area contributed by atoms with Gasteiger partial charge in [0.05, 0.1) is 28.6 Å². The zero-order valence-electron chi connectivity index (χ0n) is 18.0. The molecule has 8 heteroatoms. The molecule has 2 aromatic heterocycles. The number of methoxy groups -OCH3 is 1. The van der Waals surface area contributed by atoms with Crippen LogP contribution in [0.1, 0.15) is 21.5 Å². The maximum absolute atomic E-state index is 13.2. The molecule has 0 bridgehead atoms. The maximum atomic E-state index is 13.2. The number of nitrogens with zero attached hydrogens (tertiary/aromatic N) is 2. The molecule has 1 amide bonds. The Morgan fingerprint density at radius 1 is 1.12 bits per heavy atom. The monoisotopic (exact) mass is 461 g/mol. The maximum Gasteiger partial charge on any atom is 0.244 e. The highest BCUT2D eigenvalue weighted by atomic mass is 35.5. The van der Waals surface area contributed by atoms with Gasteiger partial charge in [-0.15, -0.1) is 0 Å². The molecule has 0 unspecified atom stereocenters. The number of ketones is 1. The van der Waals surface area contributed by atoms with Crippen LogP contribution in [0, 0.1) is 6.92 Å². The number of amides is 1. The van der Waals surface area contributed by atoms with Gasteiger partial charge < -0.3 is 14.6 Å². The molecular weight excluding hydrogens is 442 g/mol. The van der Waals surface area contributed by atoms with Crippen LogP contribution < -0.4 is 15.5 Å². The standard InChI is InChI=1S/C25H20ClN3O4/c1-15-4-3-5-17(10-15)28-23(30)14-29-13-19(24(31)16-6-8-27-9-7-16)25(32)18-11-22(33-2)20(26)12-21(18)29/h3-13H,14H2,1-2H3,(H,28,30). The normalized spacial score (nSPS) is 10.8. The molecule has 0 saturated carbocycles. The van der Waals surface area contributed by atoms with E-state index in [1.54, 1.807) is 16.7 Å². The van der Waals surface area contributed by atoms with Gasteiger partial charge in [-0.3, -0.25) is 19.4 Å². The molecule has 166 valence electrons. The quantitative estimate of drug-likeness (QED) is 0.434. The van der Waals surface area contributed by atoms with Gasteiger partial charge in [0.15, 0.2) is 5.78 Å². The van der Waals surface area contributed by atoms with Crippen LogP contribution in [-0.4, -0.2) is 28.4 Å². The van der Waals surface area contributed by atoms with Crippen LogP contribution in [-0.2, 0) is 11.3 Å². The number of hydrogen-bond donors (Lipinski definition) is 1.